The molecular weight excluding hydrogens is 287 g/mol. The van der Waals surface area contributed by atoms with Gasteiger partial charge in [0.1, 0.15) is 5.82 Å². The molecule has 0 aliphatic carbocycles. The third kappa shape index (κ3) is 2.96. The molecule has 0 aliphatic rings. The number of benzene rings is 2. The Morgan fingerprint density at radius 2 is 1.82 bits per heavy atom. The molecule has 1 aromatic heterocycles. The fourth-order valence-electron chi connectivity index (χ4n) is 2.08. The lowest BCUT2D eigenvalue weighted by atomic mass is 10.1. The Hall–Kier alpha value is -2.73. The van der Waals surface area contributed by atoms with Gasteiger partial charge in [0.05, 0.1) is 12.6 Å². The normalized spacial score (nSPS) is 12.3. The molecule has 2 aromatic carbocycles. The monoisotopic (exact) mass is 300 g/mol. The van der Waals surface area contributed by atoms with Crippen molar-refractivity contribution in [2.24, 2.45) is 0 Å². The zero-order valence-corrected chi connectivity index (χ0v) is 11.5. The molecule has 0 fully saturated rings. The highest BCUT2D eigenvalue weighted by Crippen LogP contribution is 2.17. The second kappa shape index (κ2) is 5.95. The SMILES string of the molecule is O=c1oc(-c2ccc(F)cc2)nn1C[C@H](O)c1ccccc1. The van der Waals surface area contributed by atoms with E-state index in [4.69, 9.17) is 4.42 Å². The Labute approximate surface area is 125 Å². The predicted octanol–water partition coefficient (Wildman–Crippen LogP) is 2.38. The number of aromatic nitrogens is 2. The predicted molar refractivity (Wildman–Crippen MR) is 77.6 cm³/mol. The van der Waals surface area contributed by atoms with Gasteiger partial charge in [0.15, 0.2) is 0 Å². The molecule has 0 radical (unpaired) electrons. The maximum Gasteiger partial charge on any atom is 0.437 e. The summed E-state index contributed by atoms with van der Waals surface area (Å²) in [7, 11) is 0. The molecule has 6 heteroatoms. The number of rotatable bonds is 4. The summed E-state index contributed by atoms with van der Waals surface area (Å²) < 4.78 is 19.0. The molecule has 1 N–H and O–H groups in total. The number of halogens is 1. The lowest BCUT2D eigenvalue weighted by molar-refractivity contribution is 0.148. The summed E-state index contributed by atoms with van der Waals surface area (Å²) >= 11 is 0. The lowest BCUT2D eigenvalue weighted by Gasteiger charge is -2.09. The van der Waals surface area contributed by atoms with E-state index < -0.39 is 11.9 Å². The number of hydrogen-bond acceptors (Lipinski definition) is 4. The molecular formula is C16H13FN2O3. The summed E-state index contributed by atoms with van der Waals surface area (Å²) in [5.74, 6) is -0.968. The van der Waals surface area contributed by atoms with Crippen LogP contribution in [0.4, 0.5) is 4.39 Å². The van der Waals surface area contributed by atoms with Crippen molar-refractivity contribution in [1.82, 2.24) is 9.78 Å². The van der Waals surface area contributed by atoms with Crippen LogP contribution in [-0.2, 0) is 6.54 Å². The third-order valence-corrected chi connectivity index (χ3v) is 3.23. The minimum atomic E-state index is -0.870. The number of nitrogens with zero attached hydrogens (tertiary/aromatic N) is 2. The van der Waals surface area contributed by atoms with E-state index in [1.807, 2.05) is 6.07 Å². The number of aliphatic hydroxyl groups excluding tert-OH is 1. The smallest absolute Gasteiger partial charge is 0.388 e. The highest BCUT2D eigenvalue weighted by atomic mass is 19.1. The number of aliphatic hydroxyl groups is 1. The van der Waals surface area contributed by atoms with Crippen LogP contribution in [0.2, 0.25) is 0 Å². The molecule has 0 unspecified atom stereocenters. The van der Waals surface area contributed by atoms with Gasteiger partial charge in [-0.2, -0.15) is 4.68 Å². The average Bonchev–Trinajstić information content (AvgIpc) is 2.90. The zero-order valence-electron chi connectivity index (χ0n) is 11.5. The van der Waals surface area contributed by atoms with Crippen molar-refractivity contribution in [3.8, 4) is 11.5 Å². The fourth-order valence-corrected chi connectivity index (χ4v) is 2.08. The van der Waals surface area contributed by atoms with Gasteiger partial charge in [-0.05, 0) is 29.8 Å². The van der Waals surface area contributed by atoms with Gasteiger partial charge in [0, 0.05) is 5.56 Å². The van der Waals surface area contributed by atoms with Crippen molar-refractivity contribution in [3.05, 3.63) is 76.5 Å². The first-order chi connectivity index (χ1) is 10.6. The lowest BCUT2D eigenvalue weighted by Crippen LogP contribution is -2.20. The van der Waals surface area contributed by atoms with Gasteiger partial charge in [-0.15, -0.1) is 5.10 Å². The van der Waals surface area contributed by atoms with Gasteiger partial charge in [-0.3, -0.25) is 0 Å². The highest BCUT2D eigenvalue weighted by Gasteiger charge is 2.15. The first-order valence-corrected chi connectivity index (χ1v) is 6.70. The summed E-state index contributed by atoms with van der Waals surface area (Å²) in [5.41, 5.74) is 1.17. The maximum atomic E-state index is 12.9. The van der Waals surface area contributed by atoms with Crippen LogP contribution >= 0.6 is 0 Å². The summed E-state index contributed by atoms with van der Waals surface area (Å²) in [6.07, 6.45) is -0.870. The molecule has 0 saturated heterocycles. The van der Waals surface area contributed by atoms with Gasteiger partial charge >= 0.3 is 5.76 Å². The second-order valence-corrected chi connectivity index (χ2v) is 4.79. The van der Waals surface area contributed by atoms with Crippen molar-refractivity contribution >= 4 is 0 Å². The molecule has 0 amide bonds. The highest BCUT2D eigenvalue weighted by molar-refractivity contribution is 5.51. The van der Waals surface area contributed by atoms with E-state index in [0.29, 0.717) is 11.1 Å². The molecule has 3 rings (SSSR count). The topological polar surface area (TPSA) is 68.3 Å². The van der Waals surface area contributed by atoms with Gasteiger partial charge in [-0.1, -0.05) is 30.3 Å². The fraction of sp³-hybridized carbons (Fsp3) is 0.125. The molecule has 1 heterocycles. The molecule has 22 heavy (non-hydrogen) atoms. The van der Waals surface area contributed by atoms with Crippen molar-refractivity contribution in [1.29, 1.82) is 0 Å². The Morgan fingerprint density at radius 3 is 2.50 bits per heavy atom. The minimum Gasteiger partial charge on any atom is -0.388 e. The first kappa shape index (κ1) is 14.2. The van der Waals surface area contributed by atoms with Crippen LogP contribution in [0, 0.1) is 5.82 Å². The molecule has 0 saturated carbocycles. The van der Waals surface area contributed by atoms with Crippen molar-refractivity contribution in [2.75, 3.05) is 0 Å². The molecule has 0 aliphatic heterocycles. The Kier molecular flexibility index (Phi) is 3.84. The van der Waals surface area contributed by atoms with Gasteiger partial charge in [0.25, 0.3) is 0 Å². The molecule has 0 bridgehead atoms. The molecule has 0 spiro atoms. The molecule has 1 atom stereocenters. The second-order valence-electron chi connectivity index (χ2n) is 4.79. The summed E-state index contributed by atoms with van der Waals surface area (Å²) in [6.45, 7) is -0.0203. The Bertz CT molecular complexity index is 809. The quantitative estimate of drug-likeness (QED) is 0.803. The van der Waals surface area contributed by atoms with Crippen LogP contribution < -0.4 is 5.76 Å². The molecule has 3 aromatic rings. The van der Waals surface area contributed by atoms with E-state index in [9.17, 15) is 14.3 Å². The van der Waals surface area contributed by atoms with Crippen LogP contribution in [0.25, 0.3) is 11.5 Å². The minimum absolute atomic E-state index is 0.0203. The van der Waals surface area contributed by atoms with Crippen LogP contribution in [0.5, 0.6) is 0 Å². The van der Waals surface area contributed by atoms with Crippen LogP contribution in [0.1, 0.15) is 11.7 Å². The van der Waals surface area contributed by atoms with E-state index in [2.05, 4.69) is 5.10 Å². The Balaban J connectivity index is 1.84. The maximum absolute atomic E-state index is 12.9. The summed E-state index contributed by atoms with van der Waals surface area (Å²) in [4.78, 5) is 11.8. The van der Waals surface area contributed by atoms with E-state index >= 15 is 0 Å². The summed E-state index contributed by atoms with van der Waals surface area (Å²) in [6, 6.07) is 14.4. The standard InChI is InChI=1S/C16H13FN2O3/c17-13-8-6-12(7-9-13)15-18-19(16(21)22-15)10-14(20)11-4-2-1-3-5-11/h1-9,14,20H,10H2/t14-/m0/s1. The van der Waals surface area contributed by atoms with E-state index in [1.54, 1.807) is 24.3 Å². The first-order valence-electron chi connectivity index (χ1n) is 6.70. The average molecular weight is 300 g/mol. The zero-order chi connectivity index (χ0) is 15.5. The van der Waals surface area contributed by atoms with Crippen LogP contribution in [0.15, 0.2) is 63.8 Å². The molecule has 5 nitrogen and oxygen atoms in total. The van der Waals surface area contributed by atoms with Crippen molar-refractivity contribution in [3.63, 3.8) is 0 Å². The van der Waals surface area contributed by atoms with E-state index in [1.165, 1.54) is 24.3 Å². The van der Waals surface area contributed by atoms with E-state index in [-0.39, 0.29) is 18.3 Å². The summed E-state index contributed by atoms with van der Waals surface area (Å²) in [5, 5.41) is 14.2. The Morgan fingerprint density at radius 1 is 1.14 bits per heavy atom. The van der Waals surface area contributed by atoms with Crippen LogP contribution in [-0.4, -0.2) is 14.9 Å². The molecule has 112 valence electrons. The van der Waals surface area contributed by atoms with Crippen LogP contribution in [0.3, 0.4) is 0 Å². The van der Waals surface area contributed by atoms with Gasteiger partial charge in [-0.25, -0.2) is 9.18 Å². The van der Waals surface area contributed by atoms with Crippen molar-refractivity contribution in [2.45, 2.75) is 12.6 Å². The van der Waals surface area contributed by atoms with E-state index in [0.717, 1.165) is 4.68 Å². The third-order valence-electron chi connectivity index (χ3n) is 3.23. The largest absolute Gasteiger partial charge is 0.437 e. The van der Waals surface area contributed by atoms with Gasteiger partial charge in [0.2, 0.25) is 5.89 Å². The van der Waals surface area contributed by atoms with Gasteiger partial charge < -0.3 is 9.52 Å². The number of hydrogen-bond donors (Lipinski definition) is 1. The van der Waals surface area contributed by atoms with Crippen molar-refractivity contribution < 1.29 is 13.9 Å².